The topological polar surface area (TPSA) is 111 Å². The fourth-order valence-electron chi connectivity index (χ4n) is 2.79. The van der Waals surface area contributed by atoms with Crippen molar-refractivity contribution in [1.82, 2.24) is 15.0 Å². The zero-order valence-electron chi connectivity index (χ0n) is 17.3. The second kappa shape index (κ2) is 8.69. The summed E-state index contributed by atoms with van der Waals surface area (Å²) in [6, 6.07) is 12.0. The quantitative estimate of drug-likeness (QED) is 0.492. The summed E-state index contributed by atoms with van der Waals surface area (Å²) < 4.78 is 5.36. The summed E-state index contributed by atoms with van der Waals surface area (Å²) >= 11 is 0. The minimum atomic E-state index is -0.645. The molecule has 0 saturated carbocycles. The van der Waals surface area contributed by atoms with Crippen molar-refractivity contribution >= 4 is 23.6 Å². The molecule has 2 N–H and O–H groups in total. The predicted molar refractivity (Wildman–Crippen MR) is 113 cm³/mol. The van der Waals surface area contributed by atoms with Gasteiger partial charge < -0.3 is 15.4 Å². The molecule has 30 heavy (non-hydrogen) atoms. The Bertz CT molecular complexity index is 1110. The highest BCUT2D eigenvalue weighted by Gasteiger charge is 2.20. The number of carbonyl (C=O) groups excluding carboxylic acids is 2. The van der Waals surface area contributed by atoms with Gasteiger partial charge in [0.25, 0.3) is 0 Å². The molecular formula is C22H23N5O3. The van der Waals surface area contributed by atoms with E-state index in [1.165, 1.54) is 0 Å². The fourth-order valence-corrected chi connectivity index (χ4v) is 2.79. The normalized spacial score (nSPS) is 10.5. The predicted octanol–water partition coefficient (Wildman–Crippen LogP) is 2.72. The van der Waals surface area contributed by atoms with Crippen LogP contribution < -0.4 is 10.6 Å². The van der Waals surface area contributed by atoms with E-state index < -0.39 is 5.97 Å². The van der Waals surface area contributed by atoms with Crippen molar-refractivity contribution in [3.8, 4) is 0 Å². The van der Waals surface area contributed by atoms with Crippen molar-refractivity contribution in [1.29, 1.82) is 0 Å². The minimum Gasteiger partial charge on any atom is -0.454 e. The standard InChI is InChI=1S/C22H23N5O3/c1-13-9-10-15(11-14(13)2)19(28)16-7-5-6-8-17(16)20(29)30-12-18-24-21(23)26-22(25-18)27(3)4/h5-11H,12H2,1-4H3,(H2,23,24,25,26). The minimum absolute atomic E-state index is 0.0325. The highest BCUT2D eigenvalue weighted by Crippen LogP contribution is 2.19. The van der Waals surface area contributed by atoms with Crippen LogP contribution in [-0.2, 0) is 11.3 Å². The van der Waals surface area contributed by atoms with Crippen molar-refractivity contribution in [2.45, 2.75) is 20.5 Å². The van der Waals surface area contributed by atoms with Crippen LogP contribution >= 0.6 is 0 Å². The molecule has 0 radical (unpaired) electrons. The van der Waals surface area contributed by atoms with E-state index in [9.17, 15) is 9.59 Å². The number of rotatable bonds is 6. The van der Waals surface area contributed by atoms with Crippen LogP contribution in [0.2, 0.25) is 0 Å². The monoisotopic (exact) mass is 405 g/mol. The van der Waals surface area contributed by atoms with E-state index in [0.717, 1.165) is 11.1 Å². The summed E-state index contributed by atoms with van der Waals surface area (Å²) in [4.78, 5) is 39.6. The molecule has 1 heterocycles. The first-order chi connectivity index (χ1) is 14.3. The maximum atomic E-state index is 13.0. The molecule has 8 nitrogen and oxygen atoms in total. The molecule has 0 saturated heterocycles. The van der Waals surface area contributed by atoms with Crippen molar-refractivity contribution in [3.63, 3.8) is 0 Å². The Morgan fingerprint density at radius 3 is 2.33 bits per heavy atom. The van der Waals surface area contributed by atoms with Crippen LogP contribution in [0.15, 0.2) is 42.5 Å². The maximum Gasteiger partial charge on any atom is 0.339 e. The Morgan fingerprint density at radius 2 is 1.67 bits per heavy atom. The molecule has 154 valence electrons. The summed E-state index contributed by atoms with van der Waals surface area (Å²) in [5, 5.41) is 0. The molecule has 0 spiro atoms. The number of benzene rings is 2. The lowest BCUT2D eigenvalue weighted by Crippen LogP contribution is -2.17. The number of esters is 1. The third-order valence-electron chi connectivity index (χ3n) is 4.58. The Labute approximate surface area is 174 Å². The zero-order chi connectivity index (χ0) is 21.8. The van der Waals surface area contributed by atoms with Crippen LogP contribution in [0.5, 0.6) is 0 Å². The van der Waals surface area contributed by atoms with Gasteiger partial charge in [-0.05, 0) is 37.1 Å². The molecule has 1 aromatic heterocycles. The van der Waals surface area contributed by atoms with Gasteiger partial charge in [-0.25, -0.2) is 4.79 Å². The summed E-state index contributed by atoms with van der Waals surface area (Å²) in [5.74, 6) is -0.278. The molecule has 0 bridgehead atoms. The number of nitrogens with zero attached hydrogens (tertiary/aromatic N) is 4. The van der Waals surface area contributed by atoms with Crippen LogP contribution in [0.4, 0.5) is 11.9 Å². The van der Waals surface area contributed by atoms with Gasteiger partial charge in [0, 0.05) is 25.2 Å². The molecule has 0 unspecified atom stereocenters. The molecule has 0 aliphatic rings. The number of hydrogen-bond acceptors (Lipinski definition) is 8. The number of aromatic nitrogens is 3. The van der Waals surface area contributed by atoms with Gasteiger partial charge in [0.1, 0.15) is 0 Å². The van der Waals surface area contributed by atoms with E-state index in [1.807, 2.05) is 26.0 Å². The van der Waals surface area contributed by atoms with E-state index in [-0.39, 0.29) is 35.3 Å². The van der Waals surface area contributed by atoms with Crippen LogP contribution in [0.25, 0.3) is 0 Å². The van der Waals surface area contributed by atoms with Gasteiger partial charge in [-0.2, -0.15) is 15.0 Å². The lowest BCUT2D eigenvalue weighted by atomic mass is 9.96. The highest BCUT2D eigenvalue weighted by molar-refractivity contribution is 6.14. The average Bonchev–Trinajstić information content (AvgIpc) is 2.73. The first-order valence-corrected chi connectivity index (χ1v) is 9.32. The molecule has 0 aliphatic carbocycles. The Morgan fingerprint density at radius 1 is 0.967 bits per heavy atom. The first kappa shape index (κ1) is 20.9. The van der Waals surface area contributed by atoms with Gasteiger partial charge in [0.05, 0.1) is 5.56 Å². The largest absolute Gasteiger partial charge is 0.454 e. The second-order valence-corrected chi connectivity index (χ2v) is 7.05. The number of aryl methyl sites for hydroxylation is 2. The zero-order valence-corrected chi connectivity index (χ0v) is 17.3. The Hall–Kier alpha value is -3.81. The molecule has 0 aliphatic heterocycles. The highest BCUT2D eigenvalue weighted by atomic mass is 16.5. The Kier molecular flexibility index (Phi) is 6.06. The second-order valence-electron chi connectivity index (χ2n) is 7.05. The van der Waals surface area contributed by atoms with Crippen LogP contribution in [0.1, 0.15) is 43.2 Å². The number of carbonyl (C=O) groups is 2. The molecular weight excluding hydrogens is 382 g/mol. The first-order valence-electron chi connectivity index (χ1n) is 9.32. The van der Waals surface area contributed by atoms with Crippen molar-refractivity contribution < 1.29 is 14.3 Å². The number of ketones is 1. The van der Waals surface area contributed by atoms with Crippen molar-refractivity contribution in [3.05, 3.63) is 76.1 Å². The third-order valence-corrected chi connectivity index (χ3v) is 4.58. The number of ether oxygens (including phenoxy) is 1. The van der Waals surface area contributed by atoms with E-state index in [0.29, 0.717) is 11.5 Å². The van der Waals surface area contributed by atoms with Gasteiger partial charge in [-0.15, -0.1) is 0 Å². The van der Waals surface area contributed by atoms with E-state index >= 15 is 0 Å². The van der Waals surface area contributed by atoms with E-state index in [4.69, 9.17) is 10.5 Å². The van der Waals surface area contributed by atoms with Gasteiger partial charge >= 0.3 is 5.97 Å². The van der Waals surface area contributed by atoms with Gasteiger partial charge in [-0.1, -0.05) is 30.3 Å². The number of hydrogen-bond donors (Lipinski definition) is 1. The van der Waals surface area contributed by atoms with E-state index in [2.05, 4.69) is 15.0 Å². The average molecular weight is 405 g/mol. The fraction of sp³-hybridized carbons (Fsp3) is 0.227. The molecule has 3 rings (SSSR count). The molecule has 0 atom stereocenters. The van der Waals surface area contributed by atoms with Crippen LogP contribution in [0, 0.1) is 13.8 Å². The summed E-state index contributed by atoms with van der Waals surface area (Å²) in [6.45, 7) is 3.72. The van der Waals surface area contributed by atoms with E-state index in [1.54, 1.807) is 49.3 Å². The summed E-state index contributed by atoms with van der Waals surface area (Å²) in [6.07, 6.45) is 0. The van der Waals surface area contributed by atoms with Crippen molar-refractivity contribution in [2.24, 2.45) is 0 Å². The summed E-state index contributed by atoms with van der Waals surface area (Å²) in [7, 11) is 3.53. The van der Waals surface area contributed by atoms with Crippen LogP contribution in [0.3, 0.4) is 0 Å². The molecule has 3 aromatic rings. The molecule has 0 fully saturated rings. The maximum absolute atomic E-state index is 13.0. The molecule has 2 aromatic carbocycles. The number of anilines is 2. The molecule has 0 amide bonds. The smallest absolute Gasteiger partial charge is 0.339 e. The lowest BCUT2D eigenvalue weighted by Gasteiger charge is -2.12. The summed E-state index contributed by atoms with van der Waals surface area (Å²) in [5.41, 5.74) is 8.75. The third kappa shape index (κ3) is 4.60. The van der Waals surface area contributed by atoms with Gasteiger partial charge in [0.2, 0.25) is 11.9 Å². The van der Waals surface area contributed by atoms with Gasteiger partial charge in [0.15, 0.2) is 18.2 Å². The van der Waals surface area contributed by atoms with Crippen molar-refractivity contribution in [2.75, 3.05) is 24.7 Å². The Balaban J connectivity index is 1.82. The number of nitrogen functional groups attached to an aromatic ring is 1. The molecule has 8 heteroatoms. The van der Waals surface area contributed by atoms with Gasteiger partial charge in [-0.3, -0.25) is 4.79 Å². The number of nitrogens with two attached hydrogens (primary N) is 1. The van der Waals surface area contributed by atoms with Crippen LogP contribution in [-0.4, -0.2) is 40.8 Å². The SMILES string of the molecule is Cc1ccc(C(=O)c2ccccc2C(=O)OCc2nc(N)nc(N(C)C)n2)cc1C. The lowest BCUT2D eigenvalue weighted by molar-refractivity contribution is 0.0459.